The number of carbonyl (C=O) groups is 1. The molecule has 1 aromatic rings. The Kier molecular flexibility index (Phi) is 5.83. The molecule has 2 fully saturated rings. The van der Waals surface area contributed by atoms with Gasteiger partial charge in [-0.2, -0.15) is 0 Å². The lowest BCUT2D eigenvalue weighted by Crippen LogP contribution is -2.52. The molecule has 0 atom stereocenters. The van der Waals surface area contributed by atoms with Crippen molar-refractivity contribution in [2.45, 2.75) is 50.7 Å². The number of nitrogens with one attached hydrogen (secondary N) is 2. The third-order valence-corrected chi connectivity index (χ3v) is 6.41. The van der Waals surface area contributed by atoms with Crippen molar-refractivity contribution in [1.29, 1.82) is 0 Å². The normalized spacial score (nSPS) is 26.3. The van der Waals surface area contributed by atoms with Crippen molar-refractivity contribution in [3.63, 3.8) is 0 Å². The SMILES string of the molecule is COc1ccc2c(c1)CN(C(=O)NC1CCC(N3CCNCC3)CC1)CC2. The summed E-state index contributed by atoms with van der Waals surface area (Å²) in [4.78, 5) is 17.4. The fourth-order valence-electron chi connectivity index (χ4n) is 4.73. The minimum atomic E-state index is 0.0918. The standard InChI is InChI=1S/C21H32N4O2/c1-27-20-7-2-16-8-11-25(15-17(16)14-20)21(26)23-18-3-5-19(6-4-18)24-12-9-22-10-13-24/h2,7,14,18-19,22H,3-6,8-13,15H2,1H3,(H,23,26). The number of ether oxygens (including phenoxy) is 1. The summed E-state index contributed by atoms with van der Waals surface area (Å²) in [6.45, 7) is 6.02. The fraction of sp³-hybridized carbons (Fsp3) is 0.667. The third-order valence-electron chi connectivity index (χ3n) is 6.41. The highest BCUT2D eigenvalue weighted by Gasteiger charge is 2.29. The molecule has 0 spiro atoms. The van der Waals surface area contributed by atoms with Gasteiger partial charge in [0, 0.05) is 51.4 Å². The van der Waals surface area contributed by atoms with Gasteiger partial charge in [0.15, 0.2) is 0 Å². The molecule has 0 aromatic heterocycles. The fourth-order valence-corrected chi connectivity index (χ4v) is 4.73. The molecule has 0 radical (unpaired) electrons. The van der Waals surface area contributed by atoms with Crippen molar-refractivity contribution in [3.8, 4) is 5.75 Å². The highest BCUT2D eigenvalue weighted by Crippen LogP contribution is 2.26. The van der Waals surface area contributed by atoms with Gasteiger partial charge in [0.1, 0.15) is 5.75 Å². The first-order valence-corrected chi connectivity index (χ1v) is 10.4. The van der Waals surface area contributed by atoms with Crippen LogP contribution in [0.25, 0.3) is 0 Å². The minimum absolute atomic E-state index is 0.0918. The van der Waals surface area contributed by atoms with Crippen molar-refractivity contribution < 1.29 is 9.53 Å². The average Bonchev–Trinajstić information content (AvgIpc) is 2.74. The number of benzene rings is 1. The Bertz CT molecular complexity index is 652. The van der Waals surface area contributed by atoms with Crippen LogP contribution in [-0.2, 0) is 13.0 Å². The molecule has 2 N–H and O–H groups in total. The maximum Gasteiger partial charge on any atom is 0.317 e. The van der Waals surface area contributed by atoms with E-state index in [0.29, 0.717) is 18.6 Å². The molecular formula is C21H32N4O2. The van der Waals surface area contributed by atoms with Crippen LogP contribution >= 0.6 is 0 Å². The summed E-state index contributed by atoms with van der Waals surface area (Å²) in [5.41, 5.74) is 2.54. The molecule has 3 aliphatic rings. The van der Waals surface area contributed by atoms with Crippen molar-refractivity contribution in [1.82, 2.24) is 20.4 Å². The van der Waals surface area contributed by atoms with Crippen LogP contribution < -0.4 is 15.4 Å². The molecule has 2 aliphatic heterocycles. The van der Waals surface area contributed by atoms with E-state index >= 15 is 0 Å². The van der Waals surface area contributed by atoms with Crippen LogP contribution in [0.5, 0.6) is 5.75 Å². The Hall–Kier alpha value is -1.79. The topological polar surface area (TPSA) is 56.8 Å². The van der Waals surface area contributed by atoms with Crippen LogP contribution in [0.15, 0.2) is 18.2 Å². The summed E-state index contributed by atoms with van der Waals surface area (Å²) in [6, 6.07) is 7.31. The molecular weight excluding hydrogens is 340 g/mol. The van der Waals surface area contributed by atoms with Gasteiger partial charge in [0.2, 0.25) is 0 Å². The molecule has 2 amide bonds. The van der Waals surface area contributed by atoms with E-state index in [-0.39, 0.29) is 6.03 Å². The maximum atomic E-state index is 12.8. The minimum Gasteiger partial charge on any atom is -0.497 e. The molecule has 6 nitrogen and oxygen atoms in total. The zero-order chi connectivity index (χ0) is 18.6. The molecule has 148 valence electrons. The van der Waals surface area contributed by atoms with E-state index in [1.165, 1.54) is 37.1 Å². The number of hydrogen-bond acceptors (Lipinski definition) is 4. The third kappa shape index (κ3) is 4.38. The summed E-state index contributed by atoms with van der Waals surface area (Å²) in [6.07, 6.45) is 5.51. The van der Waals surface area contributed by atoms with E-state index in [0.717, 1.165) is 44.6 Å². The number of amides is 2. The second-order valence-electron chi connectivity index (χ2n) is 8.05. The first-order valence-electron chi connectivity index (χ1n) is 10.4. The van der Waals surface area contributed by atoms with Crippen LogP contribution in [0.1, 0.15) is 36.8 Å². The molecule has 0 bridgehead atoms. The maximum absolute atomic E-state index is 12.8. The predicted molar refractivity (Wildman–Crippen MR) is 106 cm³/mol. The number of urea groups is 1. The number of fused-ring (bicyclic) bond motifs is 1. The summed E-state index contributed by atoms with van der Waals surface area (Å²) in [5.74, 6) is 0.863. The zero-order valence-electron chi connectivity index (χ0n) is 16.4. The van der Waals surface area contributed by atoms with Crippen molar-refractivity contribution >= 4 is 6.03 Å². The van der Waals surface area contributed by atoms with Crippen LogP contribution in [0, 0.1) is 0 Å². The summed E-state index contributed by atoms with van der Waals surface area (Å²) in [5, 5.41) is 6.72. The summed E-state index contributed by atoms with van der Waals surface area (Å²) >= 11 is 0. The number of piperazine rings is 1. The Labute approximate surface area is 162 Å². The lowest BCUT2D eigenvalue weighted by atomic mass is 9.90. The van der Waals surface area contributed by atoms with Gasteiger partial charge in [0.25, 0.3) is 0 Å². The van der Waals surface area contributed by atoms with Gasteiger partial charge in [-0.1, -0.05) is 6.07 Å². The molecule has 1 saturated carbocycles. The van der Waals surface area contributed by atoms with Crippen LogP contribution in [0.4, 0.5) is 4.79 Å². The molecule has 6 heteroatoms. The lowest BCUT2D eigenvalue weighted by Gasteiger charge is -2.39. The van der Waals surface area contributed by atoms with Gasteiger partial charge in [0.05, 0.1) is 7.11 Å². The summed E-state index contributed by atoms with van der Waals surface area (Å²) in [7, 11) is 1.69. The molecule has 1 saturated heterocycles. The van der Waals surface area contributed by atoms with E-state index in [4.69, 9.17) is 4.74 Å². The molecule has 27 heavy (non-hydrogen) atoms. The van der Waals surface area contributed by atoms with E-state index < -0.39 is 0 Å². The average molecular weight is 373 g/mol. The van der Waals surface area contributed by atoms with E-state index in [1.54, 1.807) is 7.11 Å². The Morgan fingerprint density at radius 2 is 1.89 bits per heavy atom. The van der Waals surface area contributed by atoms with E-state index in [2.05, 4.69) is 27.7 Å². The van der Waals surface area contributed by atoms with Crippen molar-refractivity contribution in [2.75, 3.05) is 39.8 Å². The predicted octanol–water partition coefficient (Wildman–Crippen LogP) is 1.98. The quantitative estimate of drug-likeness (QED) is 0.852. The largest absolute Gasteiger partial charge is 0.497 e. The zero-order valence-corrected chi connectivity index (χ0v) is 16.4. The van der Waals surface area contributed by atoms with Gasteiger partial charge in [-0.15, -0.1) is 0 Å². The van der Waals surface area contributed by atoms with Gasteiger partial charge in [-0.25, -0.2) is 4.79 Å². The summed E-state index contributed by atoms with van der Waals surface area (Å²) < 4.78 is 5.33. The molecule has 1 aromatic carbocycles. The number of rotatable bonds is 3. The monoisotopic (exact) mass is 372 g/mol. The first-order chi connectivity index (χ1) is 13.2. The number of methoxy groups -OCH3 is 1. The van der Waals surface area contributed by atoms with E-state index in [9.17, 15) is 4.79 Å². The van der Waals surface area contributed by atoms with Gasteiger partial charge < -0.3 is 20.3 Å². The van der Waals surface area contributed by atoms with Gasteiger partial charge in [-0.3, -0.25) is 4.90 Å². The Morgan fingerprint density at radius 3 is 2.63 bits per heavy atom. The smallest absolute Gasteiger partial charge is 0.317 e. The lowest BCUT2D eigenvalue weighted by molar-refractivity contribution is 0.126. The highest BCUT2D eigenvalue weighted by atomic mass is 16.5. The first kappa shape index (κ1) is 18.6. The van der Waals surface area contributed by atoms with Crippen molar-refractivity contribution in [2.24, 2.45) is 0 Å². The molecule has 2 heterocycles. The van der Waals surface area contributed by atoms with Crippen molar-refractivity contribution in [3.05, 3.63) is 29.3 Å². The Morgan fingerprint density at radius 1 is 1.11 bits per heavy atom. The highest BCUT2D eigenvalue weighted by molar-refractivity contribution is 5.75. The second-order valence-corrected chi connectivity index (χ2v) is 8.05. The molecule has 0 unspecified atom stereocenters. The van der Waals surface area contributed by atoms with Crippen LogP contribution in [-0.4, -0.2) is 67.7 Å². The molecule has 1 aliphatic carbocycles. The van der Waals surface area contributed by atoms with Gasteiger partial charge >= 0.3 is 6.03 Å². The van der Waals surface area contributed by atoms with E-state index in [1.807, 2.05) is 11.0 Å². The number of nitrogens with zero attached hydrogens (tertiary/aromatic N) is 2. The number of carbonyl (C=O) groups excluding carboxylic acids is 1. The van der Waals surface area contributed by atoms with Crippen LogP contribution in [0.3, 0.4) is 0 Å². The number of hydrogen-bond donors (Lipinski definition) is 2. The second kappa shape index (κ2) is 8.48. The molecule has 4 rings (SSSR count). The van der Waals surface area contributed by atoms with Crippen LogP contribution in [0.2, 0.25) is 0 Å². The Balaban J connectivity index is 1.27. The van der Waals surface area contributed by atoms with Gasteiger partial charge in [-0.05, 0) is 55.4 Å².